The zero-order valence-electron chi connectivity index (χ0n) is 10.1. The van der Waals surface area contributed by atoms with Gasteiger partial charge in [0.2, 0.25) is 5.91 Å². The number of carboxylic acid groups (broad SMARTS) is 1. The Balaban J connectivity index is 2.57. The molecule has 1 fully saturated rings. The van der Waals surface area contributed by atoms with E-state index in [1.165, 1.54) is 0 Å². The first kappa shape index (κ1) is 13.6. The monoisotopic (exact) mass is 237 g/mol. The van der Waals surface area contributed by atoms with Crippen molar-refractivity contribution in [2.75, 3.05) is 6.54 Å². The predicted octanol–water partition coefficient (Wildman–Crippen LogP) is 1.26. The third kappa shape index (κ3) is 3.48. The minimum absolute atomic E-state index is 0.163. The second-order valence-corrected chi connectivity index (χ2v) is 4.54. The van der Waals surface area contributed by atoms with Crippen LogP contribution in [-0.2, 0) is 9.59 Å². The van der Waals surface area contributed by atoms with Crippen LogP contribution in [0.3, 0.4) is 0 Å². The molecule has 17 heavy (non-hydrogen) atoms. The Bertz CT molecular complexity index is 332. The summed E-state index contributed by atoms with van der Waals surface area (Å²) in [5.41, 5.74) is 0. The third-order valence-electron chi connectivity index (χ3n) is 3.46. The normalized spacial score (nSPS) is 27.4. The van der Waals surface area contributed by atoms with Gasteiger partial charge in [0.25, 0.3) is 0 Å². The summed E-state index contributed by atoms with van der Waals surface area (Å²) in [6.45, 7) is 2.46. The topological polar surface area (TPSA) is 66.4 Å². The number of carbonyl (C=O) groups is 2. The van der Waals surface area contributed by atoms with Crippen LogP contribution in [0.1, 0.15) is 32.6 Å². The Labute approximate surface area is 102 Å². The fourth-order valence-electron chi connectivity index (χ4n) is 2.43. The van der Waals surface area contributed by atoms with Gasteiger partial charge >= 0.3 is 5.97 Å². The van der Waals surface area contributed by atoms with Gasteiger partial charge in [0, 0.05) is 13.0 Å². The predicted molar refractivity (Wildman–Crippen MR) is 64.1 cm³/mol. The smallest absolute Gasteiger partial charge is 0.307 e. The summed E-state index contributed by atoms with van der Waals surface area (Å²) in [6.07, 6.45) is 7.79. The van der Waals surface area contributed by atoms with E-state index in [2.05, 4.69) is 11.2 Å². The summed E-state index contributed by atoms with van der Waals surface area (Å²) in [7, 11) is 0. The molecule has 1 amide bonds. The van der Waals surface area contributed by atoms with Crippen molar-refractivity contribution in [1.29, 1.82) is 0 Å². The van der Waals surface area contributed by atoms with Crippen LogP contribution in [0.2, 0.25) is 0 Å². The lowest BCUT2D eigenvalue weighted by molar-refractivity contribution is -0.146. The maximum atomic E-state index is 11.9. The zero-order valence-corrected chi connectivity index (χ0v) is 10.1. The highest BCUT2D eigenvalue weighted by atomic mass is 16.4. The van der Waals surface area contributed by atoms with Crippen molar-refractivity contribution in [3.8, 4) is 12.3 Å². The molecule has 0 aromatic heterocycles. The second-order valence-electron chi connectivity index (χ2n) is 4.54. The average Bonchev–Trinajstić information content (AvgIpc) is 2.73. The van der Waals surface area contributed by atoms with Gasteiger partial charge < -0.3 is 10.4 Å². The largest absolute Gasteiger partial charge is 0.481 e. The molecule has 0 saturated heterocycles. The number of carbonyl (C=O) groups excluding carboxylic acids is 1. The minimum atomic E-state index is -0.863. The van der Waals surface area contributed by atoms with Crippen molar-refractivity contribution in [2.45, 2.75) is 32.6 Å². The van der Waals surface area contributed by atoms with Gasteiger partial charge in [-0.05, 0) is 18.8 Å². The molecule has 4 nitrogen and oxygen atoms in total. The summed E-state index contributed by atoms with van der Waals surface area (Å²) >= 11 is 0. The molecule has 0 radical (unpaired) electrons. The van der Waals surface area contributed by atoms with Gasteiger partial charge in [-0.15, -0.1) is 12.3 Å². The van der Waals surface area contributed by atoms with Crippen LogP contribution in [0.5, 0.6) is 0 Å². The highest BCUT2D eigenvalue weighted by Gasteiger charge is 2.41. The van der Waals surface area contributed by atoms with Gasteiger partial charge in [-0.25, -0.2) is 0 Å². The second kappa shape index (κ2) is 6.29. The van der Waals surface area contributed by atoms with Crippen LogP contribution < -0.4 is 5.32 Å². The molecule has 3 atom stereocenters. The standard InChI is InChI=1S/C13H19NO3/c1-3-5-6-14-12(15)10-7-9(4-2)8-11(10)13(16)17/h1,9-11H,4-8H2,2H3,(H,14,15)(H,16,17). The van der Waals surface area contributed by atoms with Gasteiger partial charge in [-0.1, -0.05) is 13.3 Å². The van der Waals surface area contributed by atoms with E-state index in [9.17, 15) is 9.59 Å². The van der Waals surface area contributed by atoms with Gasteiger partial charge in [0.1, 0.15) is 0 Å². The molecule has 1 saturated carbocycles. The van der Waals surface area contributed by atoms with E-state index in [0.717, 1.165) is 6.42 Å². The highest BCUT2D eigenvalue weighted by molar-refractivity contribution is 5.85. The van der Waals surface area contributed by atoms with Gasteiger partial charge in [0.15, 0.2) is 0 Å². The maximum Gasteiger partial charge on any atom is 0.307 e. The number of rotatable bonds is 5. The lowest BCUT2D eigenvalue weighted by Gasteiger charge is -2.14. The highest BCUT2D eigenvalue weighted by Crippen LogP contribution is 2.38. The molecule has 0 aliphatic heterocycles. The number of terminal acetylenes is 1. The summed E-state index contributed by atoms with van der Waals surface area (Å²) in [5, 5.41) is 11.8. The van der Waals surface area contributed by atoms with E-state index < -0.39 is 17.8 Å². The van der Waals surface area contributed by atoms with E-state index in [1.807, 2.05) is 6.92 Å². The van der Waals surface area contributed by atoms with E-state index in [-0.39, 0.29) is 5.91 Å². The van der Waals surface area contributed by atoms with Crippen LogP contribution in [-0.4, -0.2) is 23.5 Å². The Morgan fingerprint density at radius 3 is 2.59 bits per heavy atom. The molecule has 1 aliphatic carbocycles. The first-order valence-corrected chi connectivity index (χ1v) is 6.04. The maximum absolute atomic E-state index is 11.9. The third-order valence-corrected chi connectivity index (χ3v) is 3.46. The molecule has 0 spiro atoms. The fourth-order valence-corrected chi connectivity index (χ4v) is 2.43. The fraction of sp³-hybridized carbons (Fsp3) is 0.692. The lowest BCUT2D eigenvalue weighted by Crippen LogP contribution is -2.35. The molecule has 0 heterocycles. The Morgan fingerprint density at radius 2 is 2.06 bits per heavy atom. The molecular weight excluding hydrogens is 218 g/mol. The number of aliphatic carboxylic acids is 1. The van der Waals surface area contributed by atoms with E-state index in [1.54, 1.807) is 0 Å². The Hall–Kier alpha value is -1.50. The molecular formula is C13H19NO3. The molecule has 2 N–H and O–H groups in total. The first-order chi connectivity index (χ1) is 8.10. The van der Waals surface area contributed by atoms with E-state index >= 15 is 0 Å². The molecule has 94 valence electrons. The average molecular weight is 237 g/mol. The Kier molecular flexibility index (Phi) is 5.02. The number of carboxylic acids is 1. The van der Waals surface area contributed by atoms with Gasteiger partial charge in [0.05, 0.1) is 11.8 Å². The van der Waals surface area contributed by atoms with Crippen LogP contribution >= 0.6 is 0 Å². The van der Waals surface area contributed by atoms with Crippen molar-refractivity contribution in [3.05, 3.63) is 0 Å². The van der Waals surface area contributed by atoms with E-state index in [4.69, 9.17) is 11.5 Å². The molecule has 1 rings (SSSR count). The molecule has 0 aromatic rings. The molecule has 3 unspecified atom stereocenters. The van der Waals surface area contributed by atoms with Gasteiger partial charge in [-0.3, -0.25) is 9.59 Å². The number of hydrogen-bond acceptors (Lipinski definition) is 2. The lowest BCUT2D eigenvalue weighted by atomic mass is 9.95. The number of nitrogens with one attached hydrogen (secondary N) is 1. The van der Waals surface area contributed by atoms with Crippen LogP contribution in [0.15, 0.2) is 0 Å². The van der Waals surface area contributed by atoms with Crippen molar-refractivity contribution >= 4 is 11.9 Å². The Morgan fingerprint density at radius 1 is 1.41 bits per heavy atom. The summed E-state index contributed by atoms with van der Waals surface area (Å²) in [4.78, 5) is 22.9. The van der Waals surface area contributed by atoms with Crippen molar-refractivity contribution in [1.82, 2.24) is 5.32 Å². The summed E-state index contributed by atoms with van der Waals surface area (Å²) in [5.74, 6) is 0.827. The molecule has 0 bridgehead atoms. The van der Waals surface area contributed by atoms with Crippen LogP contribution in [0.25, 0.3) is 0 Å². The molecule has 0 aromatic carbocycles. The first-order valence-electron chi connectivity index (χ1n) is 6.04. The SMILES string of the molecule is C#CCCNC(=O)C1CC(CC)CC1C(=O)O. The van der Waals surface area contributed by atoms with Crippen LogP contribution in [0.4, 0.5) is 0 Å². The van der Waals surface area contributed by atoms with Crippen LogP contribution in [0, 0.1) is 30.1 Å². The van der Waals surface area contributed by atoms with Gasteiger partial charge in [-0.2, -0.15) is 0 Å². The molecule has 1 aliphatic rings. The minimum Gasteiger partial charge on any atom is -0.481 e. The van der Waals surface area contributed by atoms with Crippen molar-refractivity contribution < 1.29 is 14.7 Å². The van der Waals surface area contributed by atoms with E-state index in [0.29, 0.717) is 31.7 Å². The molecule has 4 heteroatoms. The zero-order chi connectivity index (χ0) is 12.8. The summed E-state index contributed by atoms with van der Waals surface area (Å²) < 4.78 is 0. The summed E-state index contributed by atoms with van der Waals surface area (Å²) in [6, 6.07) is 0. The van der Waals surface area contributed by atoms with Crippen molar-refractivity contribution in [2.24, 2.45) is 17.8 Å². The van der Waals surface area contributed by atoms with Crippen molar-refractivity contribution in [3.63, 3.8) is 0 Å². The quantitative estimate of drug-likeness (QED) is 0.559. The number of hydrogen-bond donors (Lipinski definition) is 2. The number of amides is 1.